The molecule has 0 spiro atoms. The summed E-state index contributed by atoms with van der Waals surface area (Å²) >= 11 is 0. The largest absolute Gasteiger partial charge is 0.444 e. The van der Waals surface area contributed by atoms with Crippen LogP contribution >= 0.6 is 0 Å². The second-order valence-corrected chi connectivity index (χ2v) is 5.12. The highest BCUT2D eigenvalue weighted by Gasteiger charge is 2.18. The summed E-state index contributed by atoms with van der Waals surface area (Å²) in [5, 5.41) is 2.78. The summed E-state index contributed by atoms with van der Waals surface area (Å²) in [4.78, 5) is 11.4. The maximum Gasteiger partial charge on any atom is 0.408 e. The minimum absolute atomic E-state index is 0.0140. The van der Waals surface area contributed by atoms with E-state index in [0.29, 0.717) is 5.92 Å². The van der Waals surface area contributed by atoms with Crippen molar-refractivity contribution in [3.05, 3.63) is 12.7 Å². The predicted molar refractivity (Wildman–Crippen MR) is 62.8 cm³/mol. The molecule has 0 fully saturated rings. The van der Waals surface area contributed by atoms with Gasteiger partial charge >= 0.3 is 6.09 Å². The van der Waals surface area contributed by atoms with Gasteiger partial charge in [0.05, 0.1) is 6.04 Å². The Bertz CT molecular complexity index is 216. The summed E-state index contributed by atoms with van der Waals surface area (Å²) in [6.07, 6.45) is 2.24. The third kappa shape index (κ3) is 8.03. The zero-order valence-electron chi connectivity index (χ0n) is 10.5. The minimum Gasteiger partial charge on any atom is -0.444 e. The van der Waals surface area contributed by atoms with E-state index in [9.17, 15) is 4.79 Å². The molecule has 0 aliphatic rings. The SMILES string of the molecule is C=C[C@@H](CC(C)C)NC(=O)OC(C)(C)C. The molecule has 0 aromatic heterocycles. The van der Waals surface area contributed by atoms with Gasteiger partial charge in [0, 0.05) is 0 Å². The lowest BCUT2D eigenvalue weighted by atomic mass is 10.0. The maximum absolute atomic E-state index is 11.4. The van der Waals surface area contributed by atoms with Crippen LogP contribution in [0, 0.1) is 5.92 Å². The quantitative estimate of drug-likeness (QED) is 0.729. The predicted octanol–water partition coefficient (Wildman–Crippen LogP) is 3.11. The van der Waals surface area contributed by atoms with Crippen LogP contribution in [0.1, 0.15) is 41.0 Å². The second-order valence-electron chi connectivity index (χ2n) is 5.12. The average Bonchev–Trinajstić information content (AvgIpc) is 1.98. The smallest absolute Gasteiger partial charge is 0.408 e. The van der Waals surface area contributed by atoms with Crippen molar-refractivity contribution in [3.63, 3.8) is 0 Å². The number of carbonyl (C=O) groups excluding carboxylic acids is 1. The van der Waals surface area contributed by atoms with Crippen LogP contribution in [0.2, 0.25) is 0 Å². The Morgan fingerprint density at radius 1 is 1.47 bits per heavy atom. The van der Waals surface area contributed by atoms with Crippen molar-refractivity contribution in [2.45, 2.75) is 52.7 Å². The first-order valence-electron chi connectivity index (χ1n) is 5.36. The van der Waals surface area contributed by atoms with Gasteiger partial charge in [0.2, 0.25) is 0 Å². The van der Waals surface area contributed by atoms with E-state index in [0.717, 1.165) is 6.42 Å². The molecule has 0 aromatic rings. The molecule has 0 saturated carbocycles. The third-order valence-corrected chi connectivity index (χ3v) is 1.71. The van der Waals surface area contributed by atoms with E-state index < -0.39 is 5.60 Å². The monoisotopic (exact) mass is 213 g/mol. The lowest BCUT2D eigenvalue weighted by Crippen LogP contribution is -2.38. The highest BCUT2D eigenvalue weighted by atomic mass is 16.6. The van der Waals surface area contributed by atoms with Crippen LogP contribution in [0.25, 0.3) is 0 Å². The summed E-state index contributed by atoms with van der Waals surface area (Å²) in [5.74, 6) is 0.517. The number of carbonyl (C=O) groups is 1. The summed E-state index contributed by atoms with van der Waals surface area (Å²) in [6.45, 7) is 13.4. The summed E-state index contributed by atoms with van der Waals surface area (Å²) in [5.41, 5.74) is -0.451. The molecule has 0 radical (unpaired) electrons. The Morgan fingerprint density at radius 2 is 2.00 bits per heavy atom. The molecule has 3 heteroatoms. The van der Waals surface area contributed by atoms with E-state index in [1.807, 2.05) is 20.8 Å². The van der Waals surface area contributed by atoms with Crippen molar-refractivity contribution in [2.75, 3.05) is 0 Å². The van der Waals surface area contributed by atoms with Crippen LogP contribution in [-0.4, -0.2) is 17.7 Å². The van der Waals surface area contributed by atoms with E-state index in [2.05, 4.69) is 25.7 Å². The zero-order valence-corrected chi connectivity index (χ0v) is 10.5. The summed E-state index contributed by atoms with van der Waals surface area (Å²) < 4.78 is 5.15. The fourth-order valence-electron chi connectivity index (χ4n) is 1.18. The maximum atomic E-state index is 11.4. The van der Waals surface area contributed by atoms with E-state index in [1.54, 1.807) is 6.08 Å². The van der Waals surface area contributed by atoms with Crippen molar-refractivity contribution in [1.29, 1.82) is 0 Å². The standard InChI is InChI=1S/C12H23NO2/c1-7-10(8-9(2)3)13-11(14)15-12(4,5)6/h7,9-10H,1,8H2,2-6H3,(H,13,14)/t10-/m0/s1. The number of amides is 1. The zero-order chi connectivity index (χ0) is 12.1. The fourth-order valence-corrected chi connectivity index (χ4v) is 1.18. The van der Waals surface area contributed by atoms with Gasteiger partial charge in [0.25, 0.3) is 0 Å². The Labute approximate surface area is 92.9 Å². The Morgan fingerprint density at radius 3 is 2.33 bits per heavy atom. The molecule has 0 heterocycles. The molecule has 0 aromatic carbocycles. The van der Waals surface area contributed by atoms with Crippen molar-refractivity contribution in [2.24, 2.45) is 5.92 Å². The van der Waals surface area contributed by atoms with Crippen LogP contribution < -0.4 is 5.32 Å². The van der Waals surface area contributed by atoms with Crippen molar-refractivity contribution < 1.29 is 9.53 Å². The van der Waals surface area contributed by atoms with Crippen molar-refractivity contribution in [3.8, 4) is 0 Å². The van der Waals surface area contributed by atoms with Crippen molar-refractivity contribution >= 4 is 6.09 Å². The Balaban J connectivity index is 4.08. The van der Waals surface area contributed by atoms with Gasteiger partial charge in [-0.2, -0.15) is 0 Å². The van der Waals surface area contributed by atoms with Crippen LogP contribution in [0.4, 0.5) is 4.79 Å². The number of nitrogens with one attached hydrogen (secondary N) is 1. The van der Waals surface area contributed by atoms with Crippen molar-refractivity contribution in [1.82, 2.24) is 5.32 Å². The fraction of sp³-hybridized carbons (Fsp3) is 0.750. The molecule has 0 rings (SSSR count). The van der Waals surface area contributed by atoms with Gasteiger partial charge in [0.1, 0.15) is 5.60 Å². The molecule has 1 N–H and O–H groups in total. The van der Waals surface area contributed by atoms with Gasteiger partial charge in [-0.25, -0.2) is 4.79 Å². The van der Waals surface area contributed by atoms with Crippen LogP contribution in [0.3, 0.4) is 0 Å². The molecule has 15 heavy (non-hydrogen) atoms. The van der Waals surface area contributed by atoms with E-state index in [1.165, 1.54) is 0 Å². The van der Waals surface area contributed by atoms with Crippen LogP contribution in [-0.2, 0) is 4.74 Å². The van der Waals surface area contributed by atoms with Crippen LogP contribution in [0.15, 0.2) is 12.7 Å². The Hall–Kier alpha value is -0.990. The molecule has 1 amide bonds. The topological polar surface area (TPSA) is 38.3 Å². The molecule has 1 atom stereocenters. The Kier molecular flexibility index (Phi) is 5.40. The minimum atomic E-state index is -0.451. The summed E-state index contributed by atoms with van der Waals surface area (Å²) in [7, 11) is 0. The van der Waals surface area contributed by atoms with Crippen LogP contribution in [0.5, 0.6) is 0 Å². The van der Waals surface area contributed by atoms with Gasteiger partial charge in [-0.15, -0.1) is 6.58 Å². The van der Waals surface area contributed by atoms with Gasteiger partial charge in [0.15, 0.2) is 0 Å². The first-order valence-corrected chi connectivity index (χ1v) is 5.36. The summed E-state index contributed by atoms with van der Waals surface area (Å²) in [6, 6.07) is -0.0140. The van der Waals surface area contributed by atoms with Gasteiger partial charge in [-0.1, -0.05) is 19.9 Å². The lowest BCUT2D eigenvalue weighted by Gasteiger charge is -2.22. The second kappa shape index (κ2) is 5.79. The normalized spacial score (nSPS) is 13.5. The number of ether oxygens (including phenoxy) is 1. The number of hydrogen-bond acceptors (Lipinski definition) is 2. The van der Waals surface area contributed by atoms with Gasteiger partial charge in [-0.3, -0.25) is 0 Å². The number of hydrogen-bond donors (Lipinski definition) is 1. The third-order valence-electron chi connectivity index (χ3n) is 1.71. The molecule has 0 saturated heterocycles. The molecule has 0 unspecified atom stereocenters. The molecule has 0 bridgehead atoms. The highest BCUT2D eigenvalue weighted by molar-refractivity contribution is 5.68. The van der Waals surface area contributed by atoms with E-state index >= 15 is 0 Å². The van der Waals surface area contributed by atoms with E-state index in [-0.39, 0.29) is 12.1 Å². The number of alkyl carbamates (subject to hydrolysis) is 1. The molecule has 3 nitrogen and oxygen atoms in total. The van der Waals surface area contributed by atoms with E-state index in [4.69, 9.17) is 4.74 Å². The molecular formula is C12H23NO2. The highest BCUT2D eigenvalue weighted by Crippen LogP contribution is 2.09. The lowest BCUT2D eigenvalue weighted by molar-refractivity contribution is 0.0510. The first kappa shape index (κ1) is 14.0. The average molecular weight is 213 g/mol. The van der Waals surface area contributed by atoms with Gasteiger partial charge < -0.3 is 10.1 Å². The van der Waals surface area contributed by atoms with Gasteiger partial charge in [-0.05, 0) is 33.1 Å². The molecule has 0 aliphatic carbocycles. The molecule has 88 valence electrons. The number of rotatable bonds is 4. The molecule has 0 aliphatic heterocycles. The first-order chi connectivity index (χ1) is 6.74. The molecular weight excluding hydrogens is 190 g/mol.